The fourth-order valence-electron chi connectivity index (χ4n) is 3.71. The average Bonchev–Trinajstić information content (AvgIpc) is 3.05. The Morgan fingerprint density at radius 3 is 2.80 bits per heavy atom. The summed E-state index contributed by atoms with van der Waals surface area (Å²) in [6.45, 7) is 4.96. The molecule has 0 unspecified atom stereocenters. The third kappa shape index (κ3) is 4.52. The Morgan fingerprint density at radius 2 is 2.04 bits per heavy atom. The lowest BCUT2D eigenvalue weighted by Gasteiger charge is -2.36. The van der Waals surface area contributed by atoms with E-state index in [0.29, 0.717) is 6.54 Å². The number of hydrogen-bond acceptors (Lipinski definition) is 5. The lowest BCUT2D eigenvalue weighted by molar-refractivity contribution is -0.137. The maximum absolute atomic E-state index is 13.0. The van der Waals surface area contributed by atoms with Crippen molar-refractivity contribution in [3.8, 4) is 0 Å². The van der Waals surface area contributed by atoms with Gasteiger partial charge >= 0.3 is 6.09 Å². The van der Waals surface area contributed by atoms with Crippen LogP contribution in [-0.2, 0) is 16.1 Å². The fraction of sp³-hybridized carbons (Fsp3) is 0.667. The number of rotatable bonds is 3. The monoisotopic (exact) mass is 365 g/mol. The minimum Gasteiger partial charge on any atom is -0.453 e. The van der Waals surface area contributed by atoms with Gasteiger partial charge in [0.2, 0.25) is 5.91 Å². The molecule has 1 aromatic heterocycles. The molecule has 2 saturated heterocycles. The van der Waals surface area contributed by atoms with Crippen LogP contribution in [0.1, 0.15) is 30.6 Å². The van der Waals surface area contributed by atoms with Crippen LogP contribution in [0.3, 0.4) is 0 Å². The predicted octanol–water partition coefficient (Wildman–Crippen LogP) is 2.40. The number of amides is 2. The van der Waals surface area contributed by atoms with Crippen LogP contribution in [0.15, 0.2) is 17.5 Å². The molecule has 138 valence electrons. The molecule has 0 spiro atoms. The Hall–Kier alpha value is -1.60. The highest BCUT2D eigenvalue weighted by molar-refractivity contribution is 7.09. The van der Waals surface area contributed by atoms with E-state index in [1.807, 2.05) is 4.90 Å². The number of ether oxygens (including phenoxy) is 1. The first kappa shape index (κ1) is 18.2. The summed E-state index contributed by atoms with van der Waals surface area (Å²) in [7, 11) is 1.38. The summed E-state index contributed by atoms with van der Waals surface area (Å²) in [5, 5.41) is 2.10. The molecular formula is C18H27N3O3S. The van der Waals surface area contributed by atoms with E-state index in [4.69, 9.17) is 4.74 Å². The normalized spacial score (nSPS) is 22.5. The van der Waals surface area contributed by atoms with Crippen LogP contribution in [0.2, 0.25) is 0 Å². The Kier molecular flexibility index (Phi) is 6.31. The molecule has 1 atom stereocenters. The first-order valence-electron chi connectivity index (χ1n) is 9.07. The van der Waals surface area contributed by atoms with Crippen LogP contribution < -0.4 is 0 Å². The molecular weight excluding hydrogens is 338 g/mol. The smallest absolute Gasteiger partial charge is 0.410 e. The summed E-state index contributed by atoms with van der Waals surface area (Å²) in [6, 6.07) is 3.89. The van der Waals surface area contributed by atoms with E-state index in [0.717, 1.165) is 58.4 Å². The minimum absolute atomic E-state index is 0.0862. The van der Waals surface area contributed by atoms with Crippen molar-refractivity contribution in [2.45, 2.75) is 38.3 Å². The van der Waals surface area contributed by atoms with Gasteiger partial charge in [-0.2, -0.15) is 0 Å². The summed E-state index contributed by atoms with van der Waals surface area (Å²) in [5.74, 6) is 0.0862. The molecule has 25 heavy (non-hydrogen) atoms. The van der Waals surface area contributed by atoms with Crippen LogP contribution in [0.25, 0.3) is 0 Å². The number of piperidine rings is 1. The van der Waals surface area contributed by atoms with E-state index in [1.54, 1.807) is 16.2 Å². The fourth-order valence-corrected chi connectivity index (χ4v) is 4.45. The van der Waals surface area contributed by atoms with E-state index in [9.17, 15) is 9.59 Å². The van der Waals surface area contributed by atoms with Crippen LogP contribution >= 0.6 is 11.3 Å². The van der Waals surface area contributed by atoms with Crippen molar-refractivity contribution < 1.29 is 14.3 Å². The summed E-state index contributed by atoms with van der Waals surface area (Å²) in [4.78, 5) is 32.3. The molecule has 0 aromatic carbocycles. The third-order valence-electron chi connectivity index (χ3n) is 5.06. The topological polar surface area (TPSA) is 53.1 Å². The zero-order valence-corrected chi connectivity index (χ0v) is 15.7. The number of likely N-dealkylation sites (tertiary alicyclic amines) is 1. The first-order chi connectivity index (χ1) is 12.2. The van der Waals surface area contributed by atoms with Gasteiger partial charge in [-0.1, -0.05) is 6.07 Å². The van der Waals surface area contributed by atoms with Crippen molar-refractivity contribution in [3.05, 3.63) is 22.4 Å². The minimum atomic E-state index is -0.382. The molecule has 0 N–H and O–H groups in total. The van der Waals surface area contributed by atoms with Crippen molar-refractivity contribution in [3.63, 3.8) is 0 Å². The molecule has 0 saturated carbocycles. The Balaban J connectivity index is 1.59. The second-order valence-electron chi connectivity index (χ2n) is 6.71. The highest BCUT2D eigenvalue weighted by Gasteiger charge is 2.35. The molecule has 7 heteroatoms. The van der Waals surface area contributed by atoms with E-state index in [2.05, 4.69) is 22.4 Å². The van der Waals surface area contributed by atoms with E-state index in [-0.39, 0.29) is 18.0 Å². The molecule has 6 nitrogen and oxygen atoms in total. The highest BCUT2D eigenvalue weighted by Crippen LogP contribution is 2.21. The lowest BCUT2D eigenvalue weighted by Crippen LogP contribution is -2.53. The zero-order chi connectivity index (χ0) is 17.6. The predicted molar refractivity (Wildman–Crippen MR) is 97.5 cm³/mol. The maximum Gasteiger partial charge on any atom is 0.410 e. The van der Waals surface area contributed by atoms with E-state index >= 15 is 0 Å². The Bertz CT molecular complexity index is 578. The Labute approximate surface area is 153 Å². The number of methoxy groups -OCH3 is 1. The van der Waals surface area contributed by atoms with Crippen molar-refractivity contribution in [2.75, 3.05) is 39.8 Å². The zero-order valence-electron chi connectivity index (χ0n) is 14.9. The van der Waals surface area contributed by atoms with Crippen molar-refractivity contribution in [1.82, 2.24) is 14.7 Å². The second-order valence-corrected chi connectivity index (χ2v) is 7.74. The summed E-state index contributed by atoms with van der Waals surface area (Å²) < 4.78 is 4.87. The van der Waals surface area contributed by atoms with Gasteiger partial charge in [-0.15, -0.1) is 11.3 Å². The molecule has 2 amide bonds. The van der Waals surface area contributed by atoms with Crippen LogP contribution in [0, 0.1) is 0 Å². The largest absolute Gasteiger partial charge is 0.453 e. The first-order valence-corrected chi connectivity index (χ1v) is 9.95. The van der Waals surface area contributed by atoms with Gasteiger partial charge in [0.15, 0.2) is 0 Å². The number of hydrogen-bond donors (Lipinski definition) is 0. The van der Waals surface area contributed by atoms with Crippen molar-refractivity contribution in [1.29, 1.82) is 0 Å². The lowest BCUT2D eigenvalue weighted by atomic mass is 10.0. The van der Waals surface area contributed by atoms with Gasteiger partial charge in [-0.3, -0.25) is 14.6 Å². The molecule has 2 aliphatic rings. The van der Waals surface area contributed by atoms with Crippen LogP contribution in [-0.4, -0.2) is 72.6 Å². The number of carbonyl (C=O) groups excluding carboxylic acids is 2. The third-order valence-corrected chi connectivity index (χ3v) is 5.92. The molecule has 0 radical (unpaired) electrons. The van der Waals surface area contributed by atoms with Crippen LogP contribution in [0.5, 0.6) is 0 Å². The van der Waals surface area contributed by atoms with Crippen molar-refractivity contribution in [2.24, 2.45) is 0 Å². The molecule has 0 bridgehead atoms. The number of carbonyl (C=O) groups is 2. The number of nitrogens with zero attached hydrogens (tertiary/aromatic N) is 3. The molecule has 2 aliphatic heterocycles. The van der Waals surface area contributed by atoms with Crippen molar-refractivity contribution >= 4 is 23.3 Å². The Morgan fingerprint density at radius 1 is 1.16 bits per heavy atom. The molecule has 0 aliphatic carbocycles. The summed E-state index contributed by atoms with van der Waals surface area (Å²) >= 11 is 1.78. The average molecular weight is 365 g/mol. The van der Waals surface area contributed by atoms with Gasteiger partial charge in [0.1, 0.15) is 6.04 Å². The van der Waals surface area contributed by atoms with Gasteiger partial charge in [0, 0.05) is 44.1 Å². The molecule has 1 aromatic rings. The number of thiophene rings is 1. The summed E-state index contributed by atoms with van der Waals surface area (Å²) in [6.07, 6.45) is 3.26. The second kappa shape index (κ2) is 8.67. The molecule has 3 rings (SSSR count). The summed E-state index contributed by atoms with van der Waals surface area (Å²) in [5.41, 5.74) is 0. The van der Waals surface area contributed by atoms with E-state index in [1.165, 1.54) is 12.0 Å². The van der Waals surface area contributed by atoms with Gasteiger partial charge in [-0.05, 0) is 37.1 Å². The maximum atomic E-state index is 13.0. The quantitative estimate of drug-likeness (QED) is 0.825. The van der Waals surface area contributed by atoms with E-state index < -0.39 is 0 Å². The van der Waals surface area contributed by atoms with Crippen LogP contribution in [0.4, 0.5) is 4.79 Å². The van der Waals surface area contributed by atoms with Gasteiger partial charge in [0.25, 0.3) is 0 Å². The standard InChI is InChI=1S/C18H27N3O3S/c1-24-18(23)21-10-3-2-7-16(21)17(22)20-9-5-8-19(11-12-20)14-15-6-4-13-25-15/h4,6,13,16H,2-3,5,7-12,14H2,1H3/t16-/m1/s1. The van der Waals surface area contributed by atoms with Gasteiger partial charge in [0.05, 0.1) is 7.11 Å². The highest BCUT2D eigenvalue weighted by atomic mass is 32.1. The molecule has 3 heterocycles. The molecule has 2 fully saturated rings. The van der Waals surface area contributed by atoms with Gasteiger partial charge < -0.3 is 9.64 Å². The van der Waals surface area contributed by atoms with Gasteiger partial charge in [-0.25, -0.2) is 4.79 Å². The SMILES string of the molecule is COC(=O)N1CCCC[C@@H]1C(=O)N1CCCN(Cc2cccs2)CC1.